The van der Waals surface area contributed by atoms with Gasteiger partial charge in [-0.05, 0) is 24.3 Å². The second-order valence-corrected chi connectivity index (χ2v) is 5.29. The highest BCUT2D eigenvalue weighted by Gasteiger charge is 2.21. The molecule has 0 spiro atoms. The Hall–Kier alpha value is -1.88. The van der Waals surface area contributed by atoms with Crippen LogP contribution in [0.5, 0.6) is 11.5 Å². The Morgan fingerprint density at radius 3 is 2.45 bits per heavy atom. The molecule has 0 heterocycles. The second-order valence-electron chi connectivity index (χ2n) is 4.38. The monoisotopic (exact) mass is 337 g/mol. The summed E-state index contributed by atoms with van der Waals surface area (Å²) in [5.74, 6) is -0.343. The maximum atomic E-state index is 14.1. The van der Waals surface area contributed by atoms with Gasteiger partial charge in [-0.3, -0.25) is 4.79 Å². The molecule has 20 heavy (non-hydrogen) atoms. The van der Waals surface area contributed by atoms with Crippen LogP contribution < -0.4 is 4.74 Å². The predicted molar refractivity (Wildman–Crippen MR) is 78.6 cm³/mol. The van der Waals surface area contributed by atoms with Crippen LogP contribution in [0.4, 0.5) is 4.39 Å². The molecule has 0 saturated heterocycles. The van der Waals surface area contributed by atoms with Crippen LogP contribution in [-0.2, 0) is 0 Å². The summed E-state index contributed by atoms with van der Waals surface area (Å²) >= 11 is 3.20. The van der Waals surface area contributed by atoms with Gasteiger partial charge in [-0.2, -0.15) is 0 Å². The number of amides is 1. The molecule has 5 heteroatoms. The van der Waals surface area contributed by atoms with E-state index in [1.807, 2.05) is 6.07 Å². The van der Waals surface area contributed by atoms with Gasteiger partial charge in [-0.1, -0.05) is 34.1 Å². The van der Waals surface area contributed by atoms with Gasteiger partial charge in [0, 0.05) is 18.6 Å². The Morgan fingerprint density at radius 1 is 1.20 bits per heavy atom. The minimum Gasteiger partial charge on any atom is -0.456 e. The molecule has 3 nitrogen and oxygen atoms in total. The maximum absolute atomic E-state index is 14.1. The fourth-order valence-electron chi connectivity index (χ4n) is 1.68. The minimum atomic E-state index is -0.621. The first-order valence-corrected chi connectivity index (χ1v) is 6.72. The molecule has 1 amide bonds. The average Bonchev–Trinajstić information content (AvgIpc) is 2.38. The van der Waals surface area contributed by atoms with Crippen molar-refractivity contribution in [2.45, 2.75) is 0 Å². The van der Waals surface area contributed by atoms with Crippen LogP contribution >= 0.6 is 15.9 Å². The summed E-state index contributed by atoms with van der Waals surface area (Å²) in [5.41, 5.74) is -0.0814. The van der Waals surface area contributed by atoms with Crippen molar-refractivity contribution in [2.24, 2.45) is 0 Å². The van der Waals surface area contributed by atoms with Crippen LogP contribution in [-0.4, -0.2) is 24.9 Å². The van der Waals surface area contributed by atoms with E-state index in [1.54, 1.807) is 44.4 Å². The summed E-state index contributed by atoms with van der Waals surface area (Å²) in [4.78, 5) is 13.4. The lowest BCUT2D eigenvalue weighted by Crippen LogP contribution is -2.23. The number of para-hydroxylation sites is 1. The summed E-state index contributed by atoms with van der Waals surface area (Å²) in [6.07, 6.45) is 0. The second kappa shape index (κ2) is 6.05. The van der Waals surface area contributed by atoms with Gasteiger partial charge in [0.25, 0.3) is 5.91 Å². The lowest BCUT2D eigenvalue weighted by atomic mass is 10.1. The fourth-order valence-corrected chi connectivity index (χ4v) is 2.09. The summed E-state index contributed by atoms with van der Waals surface area (Å²) in [6.45, 7) is 0. The van der Waals surface area contributed by atoms with Crippen molar-refractivity contribution in [3.8, 4) is 11.5 Å². The summed E-state index contributed by atoms with van der Waals surface area (Å²) in [5, 5.41) is 0. The average molecular weight is 338 g/mol. The molecule has 0 aliphatic heterocycles. The molecule has 0 aliphatic carbocycles. The van der Waals surface area contributed by atoms with E-state index >= 15 is 0 Å². The van der Waals surface area contributed by atoms with E-state index in [-0.39, 0.29) is 11.3 Å². The van der Waals surface area contributed by atoms with Crippen molar-refractivity contribution in [2.75, 3.05) is 14.1 Å². The fraction of sp³-hybridized carbons (Fsp3) is 0.133. The van der Waals surface area contributed by atoms with E-state index in [2.05, 4.69) is 15.9 Å². The van der Waals surface area contributed by atoms with E-state index in [9.17, 15) is 9.18 Å². The van der Waals surface area contributed by atoms with Crippen LogP contribution in [0, 0.1) is 5.82 Å². The lowest BCUT2D eigenvalue weighted by molar-refractivity contribution is 0.0820. The summed E-state index contributed by atoms with van der Waals surface area (Å²) in [6, 6.07) is 11.8. The van der Waals surface area contributed by atoms with Gasteiger partial charge < -0.3 is 9.64 Å². The first-order chi connectivity index (χ1) is 9.49. The summed E-state index contributed by atoms with van der Waals surface area (Å²) in [7, 11) is 3.13. The van der Waals surface area contributed by atoms with Crippen molar-refractivity contribution in [3.05, 3.63) is 58.3 Å². The highest BCUT2D eigenvalue weighted by atomic mass is 79.9. The lowest BCUT2D eigenvalue weighted by Gasteiger charge is -2.15. The predicted octanol–water partition coefficient (Wildman–Crippen LogP) is 4.08. The van der Waals surface area contributed by atoms with E-state index in [0.29, 0.717) is 10.2 Å². The van der Waals surface area contributed by atoms with Gasteiger partial charge in [-0.15, -0.1) is 0 Å². The van der Waals surface area contributed by atoms with Gasteiger partial charge in [0.15, 0.2) is 0 Å². The molecule has 0 N–H and O–H groups in total. The Labute approximate surface area is 125 Å². The van der Waals surface area contributed by atoms with Crippen LogP contribution in [0.1, 0.15) is 10.4 Å². The van der Waals surface area contributed by atoms with Gasteiger partial charge in [-0.25, -0.2) is 4.39 Å². The molecule has 2 aromatic carbocycles. The zero-order valence-corrected chi connectivity index (χ0v) is 12.6. The molecule has 0 atom stereocenters. The minimum absolute atomic E-state index is 0.0814. The number of carbonyl (C=O) groups is 1. The number of carbonyl (C=O) groups excluding carboxylic acids is 1. The molecule has 104 valence electrons. The van der Waals surface area contributed by atoms with Crippen molar-refractivity contribution in [1.82, 2.24) is 4.90 Å². The summed E-state index contributed by atoms with van der Waals surface area (Å²) < 4.78 is 20.2. The Morgan fingerprint density at radius 2 is 1.85 bits per heavy atom. The zero-order valence-electron chi connectivity index (χ0n) is 11.1. The Balaban J connectivity index is 2.48. The molecule has 0 aromatic heterocycles. The Kier molecular flexibility index (Phi) is 4.39. The van der Waals surface area contributed by atoms with E-state index < -0.39 is 11.7 Å². The van der Waals surface area contributed by atoms with Crippen molar-refractivity contribution < 1.29 is 13.9 Å². The number of rotatable bonds is 3. The highest BCUT2D eigenvalue weighted by Crippen LogP contribution is 2.31. The van der Waals surface area contributed by atoms with Gasteiger partial charge in [0.05, 0.1) is 0 Å². The first-order valence-electron chi connectivity index (χ1n) is 5.92. The van der Waals surface area contributed by atoms with Crippen LogP contribution in [0.25, 0.3) is 0 Å². The first kappa shape index (κ1) is 14.5. The third kappa shape index (κ3) is 3.17. The number of nitrogens with zero attached hydrogens (tertiary/aromatic N) is 1. The van der Waals surface area contributed by atoms with E-state index in [0.717, 1.165) is 0 Å². The molecule has 0 radical (unpaired) electrons. The van der Waals surface area contributed by atoms with Crippen LogP contribution in [0.2, 0.25) is 0 Å². The molecule has 0 saturated carbocycles. The Bertz CT molecular complexity index is 629. The van der Waals surface area contributed by atoms with E-state index in [1.165, 1.54) is 11.0 Å². The maximum Gasteiger partial charge on any atom is 0.260 e. The number of ether oxygens (including phenoxy) is 1. The number of benzene rings is 2. The topological polar surface area (TPSA) is 29.5 Å². The van der Waals surface area contributed by atoms with E-state index in [4.69, 9.17) is 4.74 Å². The molecule has 2 aromatic rings. The molecular formula is C15H13BrFNO2. The van der Waals surface area contributed by atoms with Crippen molar-refractivity contribution in [3.63, 3.8) is 0 Å². The number of hydrogen-bond acceptors (Lipinski definition) is 2. The normalized spacial score (nSPS) is 10.2. The van der Waals surface area contributed by atoms with Crippen LogP contribution in [0.15, 0.2) is 46.9 Å². The third-order valence-corrected chi connectivity index (χ3v) is 3.07. The number of hydrogen-bond donors (Lipinski definition) is 0. The smallest absolute Gasteiger partial charge is 0.260 e. The highest BCUT2D eigenvalue weighted by molar-refractivity contribution is 9.10. The van der Waals surface area contributed by atoms with Crippen molar-refractivity contribution >= 4 is 21.8 Å². The molecule has 0 bridgehead atoms. The molecule has 0 aliphatic rings. The molecule has 0 fully saturated rings. The third-order valence-electron chi connectivity index (χ3n) is 2.61. The molecule has 2 rings (SSSR count). The number of halogens is 2. The van der Waals surface area contributed by atoms with Gasteiger partial charge >= 0.3 is 0 Å². The zero-order chi connectivity index (χ0) is 14.7. The largest absolute Gasteiger partial charge is 0.456 e. The van der Waals surface area contributed by atoms with Gasteiger partial charge in [0.2, 0.25) is 0 Å². The van der Waals surface area contributed by atoms with Crippen molar-refractivity contribution in [1.29, 1.82) is 0 Å². The SMILES string of the molecule is CN(C)C(=O)c1c(F)cc(Br)cc1Oc1ccccc1. The van der Waals surface area contributed by atoms with Gasteiger partial charge in [0.1, 0.15) is 22.9 Å². The molecular weight excluding hydrogens is 325 g/mol. The molecule has 0 unspecified atom stereocenters. The van der Waals surface area contributed by atoms with Crippen LogP contribution in [0.3, 0.4) is 0 Å². The quantitative estimate of drug-likeness (QED) is 0.844. The standard InChI is InChI=1S/C15H13BrFNO2/c1-18(2)15(19)14-12(17)8-10(16)9-13(14)20-11-6-4-3-5-7-11/h3-9H,1-2H3.